The summed E-state index contributed by atoms with van der Waals surface area (Å²) < 4.78 is 5.21. The molecule has 4 aliphatic carbocycles. The van der Waals surface area contributed by atoms with Crippen molar-refractivity contribution in [2.75, 3.05) is 6.61 Å². The second-order valence-electron chi connectivity index (χ2n) is 5.50. The van der Waals surface area contributed by atoms with E-state index in [0.717, 1.165) is 0 Å². The smallest absolute Gasteiger partial charge is 0.309 e. The molecule has 5 atom stereocenters. The third-order valence-electron chi connectivity index (χ3n) is 4.76. The van der Waals surface area contributed by atoms with Crippen LogP contribution in [0.2, 0.25) is 0 Å². The van der Waals surface area contributed by atoms with E-state index in [-0.39, 0.29) is 11.9 Å². The van der Waals surface area contributed by atoms with E-state index in [1.54, 1.807) is 0 Å². The number of hydrogen-bond donors (Lipinski definition) is 0. The van der Waals surface area contributed by atoms with Crippen molar-refractivity contribution in [3.8, 4) is 0 Å². The van der Waals surface area contributed by atoms with Crippen LogP contribution in [0.1, 0.15) is 29.9 Å². The van der Waals surface area contributed by atoms with E-state index < -0.39 is 0 Å². The zero-order chi connectivity index (χ0) is 12.3. The molecule has 2 nitrogen and oxygen atoms in total. The maximum absolute atomic E-state index is 12.0. The monoisotopic (exact) mass is 240 g/mol. The molecule has 0 aliphatic heterocycles. The van der Waals surface area contributed by atoms with Crippen molar-refractivity contribution in [3.05, 3.63) is 47.5 Å². The average molecular weight is 240 g/mol. The molecule has 1 unspecified atom stereocenters. The van der Waals surface area contributed by atoms with Gasteiger partial charge in [-0.3, -0.25) is 4.79 Å². The van der Waals surface area contributed by atoms with Crippen molar-refractivity contribution in [1.29, 1.82) is 0 Å². The second kappa shape index (κ2) is 3.47. The summed E-state index contributed by atoms with van der Waals surface area (Å²) in [5.74, 6) is 2.00. The van der Waals surface area contributed by atoms with E-state index in [2.05, 4.69) is 36.4 Å². The third-order valence-corrected chi connectivity index (χ3v) is 4.76. The average Bonchev–Trinajstić information content (AvgIpc) is 3.16. The number of carbonyl (C=O) groups excluding carboxylic acids is 1. The van der Waals surface area contributed by atoms with Gasteiger partial charge in [-0.25, -0.2) is 0 Å². The summed E-state index contributed by atoms with van der Waals surface area (Å²) in [4.78, 5) is 12.0. The summed E-state index contributed by atoms with van der Waals surface area (Å²) in [5.41, 5.74) is 2.86. The van der Waals surface area contributed by atoms with Crippen molar-refractivity contribution in [2.24, 2.45) is 17.8 Å². The van der Waals surface area contributed by atoms with Crippen molar-refractivity contribution in [1.82, 2.24) is 0 Å². The quantitative estimate of drug-likeness (QED) is 0.587. The number of carbonyl (C=O) groups is 1. The van der Waals surface area contributed by atoms with Gasteiger partial charge in [-0.1, -0.05) is 36.4 Å². The minimum atomic E-state index is 0.0130. The highest BCUT2D eigenvalue weighted by Crippen LogP contribution is 2.68. The maximum atomic E-state index is 12.0. The van der Waals surface area contributed by atoms with Crippen LogP contribution in [0, 0.1) is 17.8 Å². The molecule has 92 valence electrons. The van der Waals surface area contributed by atoms with Gasteiger partial charge in [0.2, 0.25) is 0 Å². The van der Waals surface area contributed by atoms with Crippen LogP contribution in [-0.2, 0) is 9.53 Å². The lowest BCUT2D eigenvalue weighted by Crippen LogP contribution is -2.19. The summed E-state index contributed by atoms with van der Waals surface area (Å²) in [7, 11) is 0. The largest absolute Gasteiger partial charge is 0.466 e. The minimum Gasteiger partial charge on any atom is -0.466 e. The Kier molecular flexibility index (Phi) is 2.00. The molecule has 0 aromatic heterocycles. The lowest BCUT2D eigenvalue weighted by Gasteiger charge is -2.32. The highest BCUT2D eigenvalue weighted by Gasteiger charge is 2.65. The van der Waals surface area contributed by atoms with E-state index in [0.29, 0.717) is 30.3 Å². The Bertz CT molecular complexity index is 507. The summed E-state index contributed by atoms with van der Waals surface area (Å²) >= 11 is 0. The first-order valence-electron chi connectivity index (χ1n) is 6.76. The Morgan fingerprint density at radius 2 is 1.67 bits per heavy atom. The van der Waals surface area contributed by atoms with Crippen LogP contribution < -0.4 is 0 Å². The molecule has 1 aromatic carbocycles. The highest BCUT2D eigenvalue weighted by molar-refractivity contribution is 5.78. The van der Waals surface area contributed by atoms with E-state index >= 15 is 0 Å². The molecular formula is C16H16O2. The first-order chi connectivity index (χ1) is 8.83. The molecular weight excluding hydrogens is 224 g/mol. The SMILES string of the molecule is CCOC(=O)C1[C@@H]2[C@H]1[C@@H]1C=C[C@H]2c2ccccc21. The van der Waals surface area contributed by atoms with Crippen molar-refractivity contribution in [2.45, 2.75) is 18.8 Å². The Labute approximate surface area is 107 Å². The van der Waals surface area contributed by atoms with Crippen molar-refractivity contribution >= 4 is 5.97 Å². The molecule has 1 fully saturated rings. The normalized spacial score (nSPS) is 37.9. The second-order valence-corrected chi connectivity index (χ2v) is 5.50. The van der Waals surface area contributed by atoms with Gasteiger partial charge in [-0.2, -0.15) is 0 Å². The zero-order valence-corrected chi connectivity index (χ0v) is 10.4. The molecule has 1 saturated carbocycles. The minimum absolute atomic E-state index is 0.0130. The van der Waals surface area contributed by atoms with Gasteiger partial charge in [0, 0.05) is 11.8 Å². The fraction of sp³-hybridized carbons (Fsp3) is 0.438. The molecule has 5 rings (SSSR count). The standard InChI is InChI=1S/C16H16O2/c1-2-18-16(17)15-13-11-7-8-12(14(13)15)10-6-4-3-5-9(10)11/h3-8,11-15H,2H2,1H3/t11-,12+,13-,14+,15?. The number of ether oxygens (including phenoxy) is 1. The summed E-state index contributed by atoms with van der Waals surface area (Å²) in [6, 6.07) is 8.63. The van der Waals surface area contributed by atoms with E-state index in [1.807, 2.05) is 6.92 Å². The number of rotatable bonds is 2. The molecule has 0 N–H and O–H groups in total. The maximum Gasteiger partial charge on any atom is 0.309 e. The van der Waals surface area contributed by atoms with Crippen LogP contribution in [-0.4, -0.2) is 12.6 Å². The van der Waals surface area contributed by atoms with Crippen LogP contribution >= 0.6 is 0 Å². The van der Waals surface area contributed by atoms with Crippen LogP contribution in [0.25, 0.3) is 0 Å². The third kappa shape index (κ3) is 1.16. The first-order valence-corrected chi connectivity index (χ1v) is 6.76. The summed E-state index contributed by atoms with van der Waals surface area (Å²) in [6.45, 7) is 2.37. The summed E-state index contributed by atoms with van der Waals surface area (Å²) in [5, 5.41) is 0. The van der Waals surface area contributed by atoms with Crippen LogP contribution in [0.4, 0.5) is 0 Å². The number of hydrogen-bond acceptors (Lipinski definition) is 2. The molecule has 0 saturated heterocycles. The van der Waals surface area contributed by atoms with Crippen molar-refractivity contribution < 1.29 is 9.53 Å². The molecule has 2 bridgehead atoms. The first kappa shape index (κ1) is 10.4. The van der Waals surface area contributed by atoms with Crippen molar-refractivity contribution in [3.63, 3.8) is 0 Å². The summed E-state index contributed by atoms with van der Waals surface area (Å²) in [6.07, 6.45) is 4.60. The van der Waals surface area contributed by atoms with Crippen LogP contribution in [0.5, 0.6) is 0 Å². The molecule has 0 spiro atoms. The predicted octanol–water partition coefficient (Wildman–Crippen LogP) is 2.86. The molecule has 0 heterocycles. The van der Waals surface area contributed by atoms with E-state index in [9.17, 15) is 4.79 Å². The number of esters is 1. The van der Waals surface area contributed by atoms with Gasteiger partial charge in [0.25, 0.3) is 0 Å². The van der Waals surface area contributed by atoms with Gasteiger partial charge in [-0.05, 0) is 29.9 Å². The Morgan fingerprint density at radius 3 is 2.17 bits per heavy atom. The van der Waals surface area contributed by atoms with E-state index in [1.165, 1.54) is 11.1 Å². The molecule has 2 heteroatoms. The fourth-order valence-corrected chi connectivity index (χ4v) is 4.07. The van der Waals surface area contributed by atoms with Gasteiger partial charge >= 0.3 is 5.97 Å². The Hall–Kier alpha value is -1.57. The van der Waals surface area contributed by atoms with Gasteiger partial charge < -0.3 is 4.74 Å². The predicted molar refractivity (Wildman–Crippen MR) is 68.2 cm³/mol. The zero-order valence-electron chi connectivity index (χ0n) is 10.4. The lowest BCUT2D eigenvalue weighted by molar-refractivity contribution is -0.145. The number of allylic oxidation sites excluding steroid dienone is 2. The van der Waals surface area contributed by atoms with Gasteiger partial charge in [0.05, 0.1) is 12.5 Å². The number of benzene rings is 1. The molecule has 1 aromatic rings. The Balaban J connectivity index is 1.71. The molecule has 18 heavy (non-hydrogen) atoms. The van der Waals surface area contributed by atoms with Gasteiger partial charge in [0.15, 0.2) is 0 Å². The Morgan fingerprint density at radius 1 is 1.11 bits per heavy atom. The van der Waals surface area contributed by atoms with E-state index in [4.69, 9.17) is 4.74 Å². The lowest BCUT2D eigenvalue weighted by atomic mass is 9.72. The molecule has 4 aliphatic rings. The van der Waals surface area contributed by atoms with Crippen LogP contribution in [0.15, 0.2) is 36.4 Å². The topological polar surface area (TPSA) is 26.3 Å². The van der Waals surface area contributed by atoms with Gasteiger partial charge in [0.1, 0.15) is 0 Å². The highest BCUT2D eigenvalue weighted by atomic mass is 16.5. The molecule has 0 radical (unpaired) electrons. The van der Waals surface area contributed by atoms with Gasteiger partial charge in [-0.15, -0.1) is 0 Å². The fourth-order valence-electron chi connectivity index (χ4n) is 4.07. The van der Waals surface area contributed by atoms with Crippen LogP contribution in [0.3, 0.4) is 0 Å². The molecule has 0 amide bonds.